The molecule has 49 heavy (non-hydrogen) atoms. The SMILES string of the molecule is C[C@@H]1C(=O)N2CC3[C@@H]([C@H]2C(=O)C[C@H](C(=O)C(=O)CCC(=O)N[C@H](C(=O)N(C)C)c2ccccc2)CCCCCCCCCC1(C)C)C3(C)C. The van der Waals surface area contributed by atoms with Crippen LogP contribution in [0.15, 0.2) is 30.3 Å². The normalized spacial score (nSPS) is 28.0. The molecule has 1 unspecified atom stereocenters. The minimum absolute atomic E-state index is 0.0159. The molecule has 1 aromatic carbocycles. The molecule has 1 aromatic rings. The van der Waals surface area contributed by atoms with Gasteiger partial charge in [0.1, 0.15) is 6.04 Å². The van der Waals surface area contributed by atoms with Crippen molar-refractivity contribution in [3.8, 4) is 0 Å². The smallest absolute Gasteiger partial charge is 0.249 e. The Morgan fingerprint density at radius 3 is 2.14 bits per heavy atom. The van der Waals surface area contributed by atoms with E-state index in [1.54, 1.807) is 43.3 Å². The molecule has 2 saturated heterocycles. The lowest BCUT2D eigenvalue weighted by molar-refractivity contribution is -0.146. The molecule has 3 fully saturated rings. The zero-order valence-corrected chi connectivity index (χ0v) is 30.9. The van der Waals surface area contributed by atoms with Crippen molar-refractivity contribution >= 4 is 35.1 Å². The number of carbonyl (C=O) groups excluding carboxylic acids is 6. The van der Waals surface area contributed by atoms with E-state index in [1.165, 1.54) is 4.90 Å². The number of Topliss-reactive ketones (excluding diaryl/α,β-unsaturated/α-hetero) is 3. The largest absolute Gasteiger partial charge is 0.347 e. The third-order valence-corrected chi connectivity index (χ3v) is 12.0. The molecule has 0 radical (unpaired) electrons. The maximum absolute atomic E-state index is 14.2. The highest BCUT2D eigenvalue weighted by atomic mass is 16.2. The molecule has 1 aliphatic carbocycles. The van der Waals surface area contributed by atoms with Gasteiger partial charge >= 0.3 is 0 Å². The topological polar surface area (TPSA) is 121 Å². The van der Waals surface area contributed by atoms with Gasteiger partial charge in [0.15, 0.2) is 11.6 Å². The van der Waals surface area contributed by atoms with E-state index in [2.05, 4.69) is 33.0 Å². The number of benzene rings is 1. The first kappa shape index (κ1) is 38.4. The van der Waals surface area contributed by atoms with Crippen molar-refractivity contribution in [1.82, 2.24) is 15.1 Å². The Bertz CT molecular complexity index is 1390. The number of hydrogen-bond donors (Lipinski definition) is 1. The molecule has 9 nitrogen and oxygen atoms in total. The fourth-order valence-electron chi connectivity index (χ4n) is 8.23. The molecule has 1 saturated carbocycles. The summed E-state index contributed by atoms with van der Waals surface area (Å²) >= 11 is 0. The van der Waals surface area contributed by atoms with E-state index in [1.807, 2.05) is 13.0 Å². The molecule has 9 heteroatoms. The van der Waals surface area contributed by atoms with E-state index >= 15 is 0 Å². The second-order valence-electron chi connectivity index (χ2n) is 16.4. The maximum atomic E-state index is 14.2. The first-order valence-corrected chi connectivity index (χ1v) is 18.5. The van der Waals surface area contributed by atoms with Crippen LogP contribution in [0.2, 0.25) is 0 Å². The lowest BCUT2D eigenvalue weighted by atomic mass is 9.75. The molecule has 0 aromatic heterocycles. The van der Waals surface area contributed by atoms with Crippen LogP contribution < -0.4 is 5.32 Å². The number of ketones is 3. The summed E-state index contributed by atoms with van der Waals surface area (Å²) in [7, 11) is 3.22. The molecule has 3 aliphatic rings. The van der Waals surface area contributed by atoms with Crippen molar-refractivity contribution in [3.63, 3.8) is 0 Å². The first-order chi connectivity index (χ1) is 23.1. The Morgan fingerprint density at radius 1 is 0.898 bits per heavy atom. The molecular formula is C40H59N3O6. The van der Waals surface area contributed by atoms with Gasteiger partial charge in [-0.2, -0.15) is 0 Å². The summed E-state index contributed by atoms with van der Waals surface area (Å²) in [6.07, 6.45) is 7.86. The summed E-state index contributed by atoms with van der Waals surface area (Å²) in [6.45, 7) is 11.2. The second kappa shape index (κ2) is 16.1. The molecule has 1 N–H and O–H groups in total. The van der Waals surface area contributed by atoms with Crippen LogP contribution in [0.25, 0.3) is 0 Å². The van der Waals surface area contributed by atoms with E-state index in [9.17, 15) is 28.8 Å². The van der Waals surface area contributed by atoms with Gasteiger partial charge in [-0.3, -0.25) is 28.8 Å². The van der Waals surface area contributed by atoms with E-state index in [0.29, 0.717) is 18.5 Å². The Labute approximate surface area is 293 Å². The van der Waals surface area contributed by atoms with Crippen LogP contribution in [0.5, 0.6) is 0 Å². The lowest BCUT2D eigenvalue weighted by Crippen LogP contribution is -2.50. The van der Waals surface area contributed by atoms with Gasteiger partial charge in [-0.1, -0.05) is 110 Å². The summed E-state index contributed by atoms with van der Waals surface area (Å²) in [6, 6.07) is 7.39. The zero-order chi connectivity index (χ0) is 36.1. The Kier molecular flexibility index (Phi) is 12.6. The van der Waals surface area contributed by atoms with Gasteiger partial charge in [0.2, 0.25) is 23.5 Å². The molecule has 270 valence electrons. The van der Waals surface area contributed by atoms with Gasteiger partial charge in [0.05, 0.1) is 6.04 Å². The average Bonchev–Trinajstić information content (AvgIpc) is 3.37. The van der Waals surface area contributed by atoms with Crippen molar-refractivity contribution in [2.45, 2.75) is 124 Å². The number of carbonyl (C=O) groups is 6. The quantitative estimate of drug-likeness (QED) is 0.332. The van der Waals surface area contributed by atoms with Gasteiger partial charge in [-0.15, -0.1) is 0 Å². The highest BCUT2D eigenvalue weighted by molar-refractivity contribution is 6.38. The molecule has 0 spiro atoms. The van der Waals surface area contributed by atoms with Gasteiger partial charge in [0, 0.05) is 51.7 Å². The minimum atomic E-state index is -0.912. The molecule has 6 atom stereocenters. The van der Waals surface area contributed by atoms with Crippen LogP contribution in [-0.2, 0) is 28.8 Å². The standard InChI is InChI=1S/C40H59N3O6/c1-26-37(48)43-25-29-33(40(29,4)5)35(43)31(45)24-28(20-14-11-9-8-10-12-17-23-39(26,2)3)36(47)30(44)21-22-32(46)41-34(38(49)42(6)7)27-18-15-13-16-19-27/h13,15-16,18-19,26,28-29,33-35H,8-12,14,17,20-25H2,1-7H3,(H,41,46)/t26-,28-,29?,33+,34+,35-/m1/s1. The second-order valence-corrected chi connectivity index (χ2v) is 16.4. The van der Waals surface area contributed by atoms with Gasteiger partial charge in [0.25, 0.3) is 0 Å². The highest BCUT2D eigenvalue weighted by Gasteiger charge is 2.69. The van der Waals surface area contributed by atoms with Crippen molar-refractivity contribution in [2.75, 3.05) is 20.6 Å². The Balaban J connectivity index is 1.48. The van der Waals surface area contributed by atoms with Crippen molar-refractivity contribution in [1.29, 1.82) is 0 Å². The number of piperidine rings is 1. The molecule has 0 bridgehead atoms. The van der Waals surface area contributed by atoms with Gasteiger partial charge in [-0.25, -0.2) is 0 Å². The summed E-state index contributed by atoms with van der Waals surface area (Å²) in [5.41, 5.74) is 0.373. The van der Waals surface area contributed by atoms with E-state index in [0.717, 1.165) is 51.4 Å². The summed E-state index contributed by atoms with van der Waals surface area (Å²) in [5, 5.41) is 2.74. The van der Waals surface area contributed by atoms with Crippen LogP contribution in [-0.4, -0.2) is 71.6 Å². The van der Waals surface area contributed by atoms with Crippen LogP contribution >= 0.6 is 0 Å². The zero-order valence-electron chi connectivity index (χ0n) is 30.9. The minimum Gasteiger partial charge on any atom is -0.347 e. The molecule has 3 amide bonds. The number of rotatable bonds is 8. The number of nitrogens with zero attached hydrogens (tertiary/aromatic N) is 2. The first-order valence-electron chi connectivity index (χ1n) is 18.5. The van der Waals surface area contributed by atoms with Crippen LogP contribution in [0.1, 0.15) is 123 Å². The Hall–Kier alpha value is -3.36. The van der Waals surface area contributed by atoms with Crippen molar-refractivity contribution in [3.05, 3.63) is 35.9 Å². The van der Waals surface area contributed by atoms with E-state index in [4.69, 9.17) is 0 Å². The van der Waals surface area contributed by atoms with E-state index < -0.39 is 35.5 Å². The lowest BCUT2D eigenvalue weighted by Gasteiger charge is -2.38. The third-order valence-electron chi connectivity index (χ3n) is 12.0. The molecule has 4 rings (SSSR count). The molecule has 2 heterocycles. The average molecular weight is 678 g/mol. The monoisotopic (exact) mass is 677 g/mol. The van der Waals surface area contributed by atoms with E-state index in [-0.39, 0.29) is 65.4 Å². The van der Waals surface area contributed by atoms with Crippen molar-refractivity contribution in [2.24, 2.45) is 34.5 Å². The van der Waals surface area contributed by atoms with Gasteiger partial charge in [-0.05, 0) is 41.1 Å². The molecule has 2 aliphatic heterocycles. The highest BCUT2D eigenvalue weighted by Crippen LogP contribution is 2.65. The number of likely N-dealkylation sites (N-methyl/N-ethyl adjacent to an activating group) is 1. The van der Waals surface area contributed by atoms with Crippen molar-refractivity contribution < 1.29 is 28.8 Å². The number of amides is 3. The fraction of sp³-hybridized carbons (Fsp3) is 0.700. The number of nitrogens with one attached hydrogen (secondary N) is 1. The van der Waals surface area contributed by atoms with Crippen LogP contribution in [0, 0.1) is 34.5 Å². The predicted octanol–water partition coefficient (Wildman–Crippen LogP) is 6.10. The van der Waals surface area contributed by atoms with Gasteiger partial charge < -0.3 is 15.1 Å². The summed E-state index contributed by atoms with van der Waals surface area (Å²) < 4.78 is 0. The number of hydrogen-bond acceptors (Lipinski definition) is 6. The Morgan fingerprint density at radius 2 is 1.51 bits per heavy atom. The summed E-state index contributed by atoms with van der Waals surface area (Å²) in [4.78, 5) is 84.3. The van der Waals surface area contributed by atoms with Crippen LogP contribution in [0.4, 0.5) is 0 Å². The summed E-state index contributed by atoms with van der Waals surface area (Å²) in [5.74, 6) is -2.92. The maximum Gasteiger partial charge on any atom is 0.249 e. The number of fused-ring (bicyclic) bond motifs is 3. The predicted molar refractivity (Wildman–Crippen MR) is 189 cm³/mol. The third kappa shape index (κ3) is 9.06. The van der Waals surface area contributed by atoms with Crippen LogP contribution in [0.3, 0.4) is 0 Å². The molecular weight excluding hydrogens is 618 g/mol. The fourth-order valence-corrected chi connectivity index (χ4v) is 8.23.